The Morgan fingerprint density at radius 2 is 1.40 bits per heavy atom. The molecular weight excluding hydrogens is 365 g/mol. The molecule has 0 aromatic heterocycles. The van der Waals surface area contributed by atoms with E-state index in [1.165, 1.54) is 19.1 Å². The molecule has 0 aliphatic rings. The summed E-state index contributed by atoms with van der Waals surface area (Å²) in [4.78, 5) is 35.9. The minimum Gasteiger partial charge on any atom is -0.453 e. The average molecular weight is 380 g/mol. The number of ketones is 1. The van der Waals surface area contributed by atoms with Crippen LogP contribution >= 0.6 is 23.2 Å². The van der Waals surface area contributed by atoms with Crippen molar-refractivity contribution in [2.75, 3.05) is 6.54 Å². The number of hydrogen-bond acceptors (Lipinski definition) is 4. The van der Waals surface area contributed by atoms with Crippen molar-refractivity contribution in [3.05, 3.63) is 69.7 Å². The summed E-state index contributed by atoms with van der Waals surface area (Å²) in [7, 11) is 0. The summed E-state index contributed by atoms with van der Waals surface area (Å²) in [6.07, 6.45) is -0.971. The minimum absolute atomic E-state index is 0.348. The van der Waals surface area contributed by atoms with Crippen LogP contribution in [0.4, 0.5) is 0 Å². The largest absolute Gasteiger partial charge is 0.453 e. The van der Waals surface area contributed by atoms with Crippen molar-refractivity contribution in [2.24, 2.45) is 0 Å². The SMILES string of the molecule is C[C@@H](OC(=O)CNC(=O)c1ccc(Cl)cc1)C(=O)c1ccc(Cl)cc1. The fourth-order valence-electron chi connectivity index (χ4n) is 2.00. The number of rotatable bonds is 6. The Morgan fingerprint density at radius 3 is 1.92 bits per heavy atom. The first-order valence-corrected chi connectivity index (χ1v) is 8.15. The molecule has 5 nitrogen and oxygen atoms in total. The highest BCUT2D eigenvalue weighted by Gasteiger charge is 2.20. The first-order chi connectivity index (χ1) is 11.9. The molecule has 0 unspecified atom stereocenters. The Labute approximate surface area is 154 Å². The number of benzene rings is 2. The van der Waals surface area contributed by atoms with Gasteiger partial charge in [0.1, 0.15) is 6.54 Å². The topological polar surface area (TPSA) is 72.5 Å². The molecule has 0 saturated heterocycles. The highest BCUT2D eigenvalue weighted by molar-refractivity contribution is 6.31. The van der Waals surface area contributed by atoms with Crippen molar-refractivity contribution >= 4 is 40.9 Å². The fourth-order valence-corrected chi connectivity index (χ4v) is 2.25. The van der Waals surface area contributed by atoms with Crippen molar-refractivity contribution in [1.29, 1.82) is 0 Å². The summed E-state index contributed by atoms with van der Waals surface area (Å²) < 4.78 is 5.04. The van der Waals surface area contributed by atoms with E-state index < -0.39 is 18.0 Å². The maximum Gasteiger partial charge on any atom is 0.326 e. The standard InChI is InChI=1S/C18H15Cl2NO4/c1-11(17(23)12-2-6-14(19)7-3-12)25-16(22)10-21-18(24)13-4-8-15(20)9-5-13/h2-9,11H,10H2,1H3,(H,21,24)/t11-/m1/s1. The molecule has 2 aromatic carbocycles. The molecule has 0 radical (unpaired) electrons. The first-order valence-electron chi connectivity index (χ1n) is 7.40. The van der Waals surface area contributed by atoms with Gasteiger partial charge in [-0.25, -0.2) is 0 Å². The van der Waals surface area contributed by atoms with Crippen LogP contribution in [0.2, 0.25) is 10.0 Å². The third-order valence-corrected chi connectivity index (χ3v) is 3.81. The molecule has 2 aromatic rings. The van der Waals surface area contributed by atoms with Gasteiger partial charge in [0, 0.05) is 21.2 Å². The van der Waals surface area contributed by atoms with E-state index in [0.717, 1.165) is 0 Å². The molecule has 1 amide bonds. The predicted octanol–water partition coefficient (Wildman–Crippen LogP) is 3.54. The lowest BCUT2D eigenvalue weighted by Gasteiger charge is -2.13. The van der Waals surface area contributed by atoms with Crippen molar-refractivity contribution < 1.29 is 19.1 Å². The summed E-state index contributed by atoms with van der Waals surface area (Å²) in [5.41, 5.74) is 0.748. The van der Waals surface area contributed by atoms with Crippen LogP contribution < -0.4 is 5.32 Å². The van der Waals surface area contributed by atoms with E-state index in [0.29, 0.717) is 21.2 Å². The van der Waals surface area contributed by atoms with Crippen LogP contribution in [0.1, 0.15) is 27.6 Å². The Morgan fingerprint density at radius 1 is 0.920 bits per heavy atom. The lowest BCUT2D eigenvalue weighted by molar-refractivity contribution is -0.145. The molecule has 1 atom stereocenters. The molecule has 0 aliphatic heterocycles. The van der Waals surface area contributed by atoms with Crippen molar-refractivity contribution in [3.63, 3.8) is 0 Å². The van der Waals surface area contributed by atoms with Crippen molar-refractivity contribution in [1.82, 2.24) is 5.32 Å². The zero-order valence-corrected chi connectivity index (χ0v) is 14.8. The normalized spacial score (nSPS) is 11.5. The zero-order valence-electron chi connectivity index (χ0n) is 13.3. The quantitative estimate of drug-likeness (QED) is 0.615. The first kappa shape index (κ1) is 19.0. The van der Waals surface area contributed by atoms with Crippen molar-refractivity contribution in [3.8, 4) is 0 Å². The van der Waals surface area contributed by atoms with E-state index in [4.69, 9.17) is 27.9 Å². The number of carbonyl (C=O) groups is 3. The number of hydrogen-bond donors (Lipinski definition) is 1. The van der Waals surface area contributed by atoms with Crippen LogP contribution in [0.15, 0.2) is 48.5 Å². The maximum atomic E-state index is 12.2. The highest BCUT2D eigenvalue weighted by Crippen LogP contribution is 2.12. The van der Waals surface area contributed by atoms with E-state index >= 15 is 0 Å². The third kappa shape index (κ3) is 5.59. The number of carbonyl (C=O) groups excluding carboxylic acids is 3. The summed E-state index contributed by atoms with van der Waals surface area (Å²) in [6, 6.07) is 12.5. The summed E-state index contributed by atoms with van der Waals surface area (Å²) >= 11 is 11.5. The van der Waals surface area contributed by atoms with Gasteiger partial charge >= 0.3 is 5.97 Å². The molecule has 0 saturated carbocycles. The van der Waals surface area contributed by atoms with Crippen LogP contribution in [-0.2, 0) is 9.53 Å². The van der Waals surface area contributed by atoms with Gasteiger partial charge in [-0.2, -0.15) is 0 Å². The smallest absolute Gasteiger partial charge is 0.326 e. The Balaban J connectivity index is 1.84. The number of esters is 1. The van der Waals surface area contributed by atoms with Gasteiger partial charge in [-0.1, -0.05) is 23.2 Å². The number of Topliss-reactive ketones (excluding diaryl/α,β-unsaturated/α-hetero) is 1. The van der Waals surface area contributed by atoms with Crippen LogP contribution in [0.25, 0.3) is 0 Å². The van der Waals surface area contributed by atoms with Gasteiger partial charge in [-0.05, 0) is 55.5 Å². The predicted molar refractivity (Wildman–Crippen MR) is 95.1 cm³/mol. The molecule has 25 heavy (non-hydrogen) atoms. The van der Waals surface area contributed by atoms with E-state index in [-0.39, 0.29) is 12.3 Å². The van der Waals surface area contributed by atoms with Gasteiger partial charge in [0.15, 0.2) is 6.10 Å². The van der Waals surface area contributed by atoms with Crippen LogP contribution in [0, 0.1) is 0 Å². The molecule has 0 heterocycles. The molecule has 0 fully saturated rings. The monoisotopic (exact) mass is 379 g/mol. The van der Waals surface area contributed by atoms with Gasteiger partial charge in [0.05, 0.1) is 0 Å². The summed E-state index contributed by atoms with van der Waals surface area (Å²) in [5.74, 6) is -1.50. The second kappa shape index (κ2) is 8.65. The lowest BCUT2D eigenvalue weighted by atomic mass is 10.1. The van der Waals surface area contributed by atoms with Gasteiger partial charge in [-0.3, -0.25) is 14.4 Å². The Bertz CT molecular complexity index is 773. The van der Waals surface area contributed by atoms with E-state index in [1.807, 2.05) is 0 Å². The molecule has 1 N–H and O–H groups in total. The molecule has 0 spiro atoms. The second-order valence-corrected chi connectivity index (χ2v) is 6.07. The van der Waals surface area contributed by atoms with Gasteiger partial charge in [0.25, 0.3) is 5.91 Å². The molecular formula is C18H15Cl2NO4. The fraction of sp³-hybridized carbons (Fsp3) is 0.167. The average Bonchev–Trinajstić information content (AvgIpc) is 2.60. The van der Waals surface area contributed by atoms with Crippen molar-refractivity contribution in [2.45, 2.75) is 13.0 Å². The highest BCUT2D eigenvalue weighted by atomic mass is 35.5. The Hall–Kier alpha value is -2.37. The Kier molecular flexibility index (Phi) is 6.56. The van der Waals surface area contributed by atoms with E-state index in [1.54, 1.807) is 36.4 Å². The molecule has 0 bridgehead atoms. The zero-order chi connectivity index (χ0) is 18.4. The third-order valence-electron chi connectivity index (χ3n) is 3.31. The maximum absolute atomic E-state index is 12.2. The van der Waals surface area contributed by atoms with Crippen LogP contribution in [0.3, 0.4) is 0 Å². The number of amides is 1. The van der Waals surface area contributed by atoms with Gasteiger partial charge in [0.2, 0.25) is 5.78 Å². The molecule has 2 rings (SSSR count). The van der Waals surface area contributed by atoms with E-state index in [2.05, 4.69) is 5.32 Å². The van der Waals surface area contributed by atoms with Crippen LogP contribution in [-0.4, -0.2) is 30.3 Å². The van der Waals surface area contributed by atoms with Gasteiger partial charge < -0.3 is 10.1 Å². The number of nitrogens with one attached hydrogen (secondary N) is 1. The summed E-state index contributed by atoms with van der Waals surface area (Å²) in [5, 5.41) is 3.44. The van der Waals surface area contributed by atoms with Gasteiger partial charge in [-0.15, -0.1) is 0 Å². The van der Waals surface area contributed by atoms with Crippen LogP contribution in [0.5, 0.6) is 0 Å². The molecule has 130 valence electrons. The minimum atomic E-state index is -0.971. The lowest BCUT2D eigenvalue weighted by Crippen LogP contribution is -2.34. The second-order valence-electron chi connectivity index (χ2n) is 5.19. The summed E-state index contributed by atoms with van der Waals surface area (Å²) in [6.45, 7) is 1.12. The van der Waals surface area contributed by atoms with E-state index in [9.17, 15) is 14.4 Å². The molecule has 0 aliphatic carbocycles. The number of halogens is 2. The molecule has 7 heteroatoms. The number of ether oxygens (including phenoxy) is 1.